The first-order chi connectivity index (χ1) is 20.2. The van der Waals surface area contributed by atoms with Gasteiger partial charge in [-0.3, -0.25) is 4.79 Å². The van der Waals surface area contributed by atoms with Gasteiger partial charge >= 0.3 is 5.97 Å². The molecule has 5 aromatic rings. The molecule has 2 aromatic heterocycles. The molecule has 0 radical (unpaired) electrons. The third kappa shape index (κ3) is 4.83. The van der Waals surface area contributed by atoms with E-state index in [1.54, 1.807) is 12.1 Å². The molecule has 3 aromatic carbocycles. The van der Waals surface area contributed by atoms with Crippen LogP contribution in [-0.2, 0) is 4.79 Å². The Morgan fingerprint density at radius 2 is 1.76 bits per heavy atom. The summed E-state index contributed by atoms with van der Waals surface area (Å²) in [6, 6.07) is 16.7. The van der Waals surface area contributed by atoms with Gasteiger partial charge in [-0.2, -0.15) is 5.26 Å². The third-order valence-electron chi connectivity index (χ3n) is 8.64. The molecule has 8 rings (SSSR count). The number of halogens is 3. The molecule has 2 bridgehead atoms. The number of nitrogens with zero attached hydrogens (tertiary/aromatic N) is 2. The number of nitrogen functional groups attached to an aromatic ring is 1. The number of fused-ring (bicyclic) bond motifs is 5. The summed E-state index contributed by atoms with van der Waals surface area (Å²) in [6.07, 6.45) is 7.27. The maximum atomic E-state index is 15.1. The van der Waals surface area contributed by atoms with Gasteiger partial charge in [-0.05, 0) is 59.6 Å². The first kappa shape index (κ1) is 27.3. The van der Waals surface area contributed by atoms with Crippen molar-refractivity contribution in [1.29, 1.82) is 5.26 Å². The molecule has 3 saturated carbocycles. The first-order valence-electron chi connectivity index (χ1n) is 13.8. The van der Waals surface area contributed by atoms with Crippen LogP contribution in [0.4, 0.5) is 19.0 Å². The second-order valence-corrected chi connectivity index (χ2v) is 11.1. The highest BCUT2D eigenvalue weighted by Gasteiger charge is 2.39. The fourth-order valence-corrected chi connectivity index (χ4v) is 6.53. The molecule has 0 amide bonds. The van der Waals surface area contributed by atoms with Crippen LogP contribution >= 0.6 is 0 Å². The Labute approximate surface area is 239 Å². The minimum atomic E-state index is -0.826. The van der Waals surface area contributed by atoms with Crippen molar-refractivity contribution >= 4 is 33.5 Å². The van der Waals surface area contributed by atoms with E-state index in [4.69, 9.17) is 10.8 Å². The van der Waals surface area contributed by atoms with Gasteiger partial charge in [0.25, 0.3) is 0 Å². The Kier molecular flexibility index (Phi) is 7.07. The molecule has 2 heterocycles. The number of nitrogens with two attached hydrogens (primary N) is 1. The van der Waals surface area contributed by atoms with Crippen LogP contribution in [-0.4, -0.2) is 21.0 Å². The van der Waals surface area contributed by atoms with E-state index >= 15 is 4.39 Å². The zero-order chi connectivity index (χ0) is 29.5. The number of pyridine rings is 1. The summed E-state index contributed by atoms with van der Waals surface area (Å²) in [4.78, 5) is 17.5. The number of nitriles is 1. The van der Waals surface area contributed by atoms with Crippen LogP contribution < -0.4 is 5.73 Å². The number of hydrogen-bond acceptors (Lipinski definition) is 4. The van der Waals surface area contributed by atoms with E-state index in [0.717, 1.165) is 35.2 Å². The van der Waals surface area contributed by atoms with Gasteiger partial charge in [-0.1, -0.05) is 49.2 Å². The topological polar surface area (TPSA) is 116 Å². The van der Waals surface area contributed by atoms with Crippen molar-refractivity contribution in [3.63, 3.8) is 0 Å². The fraction of sp³-hybridized carbons (Fsp3) is 0.242. The average Bonchev–Trinajstić information content (AvgIpc) is 3.43. The lowest BCUT2D eigenvalue weighted by atomic mass is 9.65. The highest BCUT2D eigenvalue weighted by atomic mass is 19.1. The minimum Gasteiger partial charge on any atom is -0.481 e. The summed E-state index contributed by atoms with van der Waals surface area (Å²) in [6.45, 7) is 0. The van der Waals surface area contributed by atoms with E-state index in [-0.39, 0.29) is 39.2 Å². The molecular formula is C33H27F3N4O2. The van der Waals surface area contributed by atoms with E-state index in [1.807, 2.05) is 36.4 Å². The third-order valence-corrected chi connectivity index (χ3v) is 8.64. The maximum Gasteiger partial charge on any atom is 0.306 e. The predicted molar refractivity (Wildman–Crippen MR) is 155 cm³/mol. The molecule has 42 heavy (non-hydrogen) atoms. The smallest absolute Gasteiger partial charge is 0.306 e. The summed E-state index contributed by atoms with van der Waals surface area (Å²) in [5, 5.41) is 20.8. The van der Waals surface area contributed by atoms with Crippen LogP contribution in [0.3, 0.4) is 0 Å². The summed E-state index contributed by atoms with van der Waals surface area (Å²) in [7, 11) is 0. The molecule has 1 unspecified atom stereocenters. The number of rotatable bonds is 3. The first-order valence-corrected chi connectivity index (χ1v) is 13.8. The Hall–Kier alpha value is -4.84. The second kappa shape index (κ2) is 10.9. The molecule has 6 nitrogen and oxygen atoms in total. The molecule has 0 saturated heterocycles. The normalized spacial score (nSPS) is 19.3. The number of H-pyrrole nitrogens is 1. The zero-order valence-corrected chi connectivity index (χ0v) is 22.5. The Morgan fingerprint density at radius 1 is 1.02 bits per heavy atom. The van der Waals surface area contributed by atoms with Crippen molar-refractivity contribution in [1.82, 2.24) is 9.97 Å². The van der Waals surface area contributed by atoms with E-state index in [1.165, 1.54) is 31.9 Å². The van der Waals surface area contributed by atoms with Crippen molar-refractivity contribution in [2.45, 2.75) is 32.1 Å². The van der Waals surface area contributed by atoms with E-state index in [9.17, 15) is 18.8 Å². The Bertz CT molecular complexity index is 1890. The number of aromatic amines is 1. The van der Waals surface area contributed by atoms with E-state index in [0.29, 0.717) is 11.5 Å². The molecule has 1 atom stereocenters. The number of aliphatic carboxylic acids is 1. The van der Waals surface area contributed by atoms with E-state index < -0.39 is 29.2 Å². The summed E-state index contributed by atoms with van der Waals surface area (Å²) >= 11 is 0. The Balaban J connectivity index is 0.000000240. The molecule has 212 valence electrons. The molecular weight excluding hydrogens is 541 g/mol. The van der Waals surface area contributed by atoms with Crippen LogP contribution in [0, 0.1) is 46.5 Å². The van der Waals surface area contributed by atoms with Crippen molar-refractivity contribution in [2.24, 2.45) is 17.8 Å². The minimum absolute atomic E-state index is 0.00231. The zero-order valence-electron chi connectivity index (χ0n) is 22.5. The quantitative estimate of drug-likeness (QED) is 0.205. The molecule has 4 N–H and O–H groups in total. The van der Waals surface area contributed by atoms with E-state index in [2.05, 4.69) is 9.97 Å². The molecule has 0 spiro atoms. The molecule has 3 aliphatic rings. The number of carboxylic acid groups (broad SMARTS) is 1. The van der Waals surface area contributed by atoms with Crippen molar-refractivity contribution < 1.29 is 23.1 Å². The van der Waals surface area contributed by atoms with Gasteiger partial charge in [0.15, 0.2) is 11.6 Å². The number of nitrogens with one attached hydrogen (secondary N) is 1. The van der Waals surface area contributed by atoms with Crippen molar-refractivity contribution in [2.75, 3.05) is 5.73 Å². The standard InChI is InChI=1S/C24H13F3N4.C9H14O2/c25-15-8-16-18(11-30-23(16)19(26)9-15)22-17(10-28)20(21(27)24(29)31-22)14-6-5-12-3-1-2-4-13(12)7-14;10-9(11)8-5-6-1-3-7(8)4-2-6/h1-9,11,30H,(H2,29,31);6-8H,1-5H2,(H,10,11). The predicted octanol–water partition coefficient (Wildman–Crippen LogP) is 7.82. The second-order valence-electron chi connectivity index (χ2n) is 11.1. The SMILES string of the molecule is N#Cc1c(-c2c[nH]c3c(F)cc(F)cc23)nc(N)c(F)c1-c1ccc2ccccc2c1.O=C(O)C1CC2CCC1CC2. The van der Waals surface area contributed by atoms with Gasteiger partial charge in [-0.15, -0.1) is 0 Å². The molecule has 3 fully saturated rings. The van der Waals surface area contributed by atoms with Gasteiger partial charge < -0.3 is 15.8 Å². The Morgan fingerprint density at radius 3 is 2.40 bits per heavy atom. The number of anilines is 1. The molecule has 0 aliphatic heterocycles. The van der Waals surface area contributed by atoms with Crippen molar-refractivity contribution in [3.05, 3.63) is 83.8 Å². The maximum absolute atomic E-state index is 15.1. The number of carbonyl (C=O) groups is 1. The lowest BCUT2D eigenvalue weighted by Crippen LogP contribution is -2.35. The summed E-state index contributed by atoms with van der Waals surface area (Å²) in [5.74, 6) is -2.12. The van der Waals surface area contributed by atoms with Crippen LogP contribution in [0.1, 0.15) is 37.7 Å². The lowest BCUT2D eigenvalue weighted by Gasteiger charge is -2.40. The number of aromatic nitrogens is 2. The number of hydrogen-bond donors (Lipinski definition) is 3. The number of carboxylic acids is 1. The molecule has 9 heteroatoms. The largest absolute Gasteiger partial charge is 0.481 e. The summed E-state index contributed by atoms with van der Waals surface area (Å²) < 4.78 is 43.2. The highest BCUT2D eigenvalue weighted by molar-refractivity contribution is 5.98. The van der Waals surface area contributed by atoms with Crippen LogP contribution in [0.15, 0.2) is 60.8 Å². The average molecular weight is 569 g/mol. The van der Waals surface area contributed by atoms with Crippen LogP contribution in [0.5, 0.6) is 0 Å². The fourth-order valence-electron chi connectivity index (χ4n) is 6.53. The number of benzene rings is 3. The highest BCUT2D eigenvalue weighted by Crippen LogP contribution is 2.45. The van der Waals surface area contributed by atoms with Gasteiger partial charge in [0.1, 0.15) is 17.7 Å². The van der Waals surface area contributed by atoms with Crippen molar-refractivity contribution in [3.8, 4) is 28.5 Å². The van der Waals surface area contributed by atoms with Crippen LogP contribution in [0.2, 0.25) is 0 Å². The van der Waals surface area contributed by atoms with Gasteiger partial charge in [0, 0.05) is 28.8 Å². The summed E-state index contributed by atoms with van der Waals surface area (Å²) in [5.41, 5.74) is 6.55. The molecule has 3 aliphatic carbocycles. The van der Waals surface area contributed by atoms with Gasteiger partial charge in [0.2, 0.25) is 0 Å². The van der Waals surface area contributed by atoms with Crippen LogP contribution in [0.25, 0.3) is 44.1 Å². The van der Waals surface area contributed by atoms with Gasteiger partial charge in [0.05, 0.1) is 22.7 Å². The van der Waals surface area contributed by atoms with Gasteiger partial charge in [-0.25, -0.2) is 18.2 Å². The monoisotopic (exact) mass is 568 g/mol. The lowest BCUT2D eigenvalue weighted by molar-refractivity contribution is -0.147.